The van der Waals surface area contributed by atoms with Gasteiger partial charge in [0.15, 0.2) is 0 Å². The summed E-state index contributed by atoms with van der Waals surface area (Å²) in [5.74, 6) is -0.570. The lowest BCUT2D eigenvalue weighted by Gasteiger charge is -2.08. The third kappa shape index (κ3) is 3.55. The zero-order chi connectivity index (χ0) is 18.9. The highest BCUT2D eigenvalue weighted by molar-refractivity contribution is 7.91. The number of sulfone groups is 1. The van der Waals surface area contributed by atoms with E-state index in [1.165, 1.54) is 18.2 Å². The normalized spacial score (nSPS) is 11.3. The lowest BCUT2D eigenvalue weighted by Crippen LogP contribution is -2.12. The van der Waals surface area contributed by atoms with Crippen LogP contribution in [0.1, 0.15) is 10.4 Å². The highest BCUT2D eigenvalue weighted by Gasteiger charge is 2.22. The number of rotatable bonds is 4. The summed E-state index contributed by atoms with van der Waals surface area (Å²) in [7, 11) is -3.99. The Morgan fingerprint density at radius 3 is 2.08 bits per heavy atom. The molecule has 132 valence electrons. The molecule has 2 N–H and O–H groups in total. The van der Waals surface area contributed by atoms with Gasteiger partial charge in [-0.25, -0.2) is 18.4 Å². The van der Waals surface area contributed by atoms with Gasteiger partial charge in [-0.05, 0) is 29.3 Å². The summed E-state index contributed by atoms with van der Waals surface area (Å²) in [6, 6.07) is 13.9. The molecule has 0 radical (unpaired) electrons. The summed E-state index contributed by atoms with van der Waals surface area (Å²) in [6.45, 7) is 0. The van der Waals surface area contributed by atoms with Crippen LogP contribution in [0, 0.1) is 0 Å². The Morgan fingerprint density at radius 1 is 0.923 bits per heavy atom. The first kappa shape index (κ1) is 18.3. The Bertz CT molecular complexity index is 1080. The second-order valence-corrected chi connectivity index (χ2v) is 7.85. The van der Waals surface area contributed by atoms with Crippen molar-refractivity contribution in [3.8, 4) is 11.1 Å². The molecule has 0 fully saturated rings. The van der Waals surface area contributed by atoms with E-state index in [4.69, 9.17) is 28.9 Å². The molecular weight excluding hydrogens is 397 g/mol. The third-order valence-corrected chi connectivity index (χ3v) is 5.49. The van der Waals surface area contributed by atoms with Crippen molar-refractivity contribution in [2.75, 3.05) is 0 Å². The molecule has 0 spiro atoms. The molecule has 0 unspecified atom stereocenters. The Morgan fingerprint density at radius 2 is 1.50 bits per heavy atom. The Kier molecular flexibility index (Phi) is 4.95. The molecule has 0 aliphatic carbocycles. The van der Waals surface area contributed by atoms with E-state index in [9.17, 15) is 13.2 Å². The molecule has 2 aromatic carbocycles. The number of primary amides is 1. The lowest BCUT2D eigenvalue weighted by atomic mass is 9.99. The van der Waals surface area contributed by atoms with Crippen LogP contribution in [0.3, 0.4) is 0 Å². The van der Waals surface area contributed by atoms with Crippen LogP contribution in [-0.2, 0) is 9.84 Å². The topological polar surface area (TPSA) is 103 Å². The summed E-state index contributed by atoms with van der Waals surface area (Å²) in [5.41, 5.74) is 6.96. The van der Waals surface area contributed by atoms with Crippen LogP contribution in [0.4, 0.5) is 0 Å². The van der Waals surface area contributed by atoms with E-state index in [2.05, 4.69) is 9.97 Å². The minimum atomic E-state index is -3.99. The summed E-state index contributed by atoms with van der Waals surface area (Å²) in [5, 5.41) is -0.633. The molecule has 0 bridgehead atoms. The predicted molar refractivity (Wildman–Crippen MR) is 97.9 cm³/mol. The first-order valence-electron chi connectivity index (χ1n) is 7.23. The number of nitrogens with zero attached hydrogens (tertiary/aromatic N) is 2. The molecule has 0 saturated carbocycles. The van der Waals surface area contributed by atoms with E-state index in [0.717, 1.165) is 0 Å². The minimum absolute atomic E-state index is 0.0314. The van der Waals surface area contributed by atoms with E-state index < -0.39 is 20.9 Å². The molecule has 26 heavy (non-hydrogen) atoms. The number of carbonyl (C=O) groups is 1. The van der Waals surface area contributed by atoms with Gasteiger partial charge in [-0.15, -0.1) is 0 Å². The van der Waals surface area contributed by atoms with Crippen molar-refractivity contribution in [2.24, 2.45) is 5.73 Å². The maximum absolute atomic E-state index is 12.6. The largest absolute Gasteiger partial charge is 0.366 e. The molecule has 0 saturated heterocycles. The zero-order valence-corrected chi connectivity index (χ0v) is 15.4. The fourth-order valence-corrected chi connectivity index (χ4v) is 4.02. The standard InChI is InChI=1S/C17H11Cl2N3O3S/c18-14-9-15(19)22-17(21-14)26(24,25)11-7-5-10(6-8-11)12-3-1-2-4-13(12)16(20)23/h1-9H,(H2,20,23). The Balaban J connectivity index is 2.04. The third-order valence-electron chi connectivity index (χ3n) is 3.55. The summed E-state index contributed by atoms with van der Waals surface area (Å²) in [6.07, 6.45) is 0. The van der Waals surface area contributed by atoms with Crippen LogP contribution >= 0.6 is 23.2 Å². The van der Waals surface area contributed by atoms with E-state index >= 15 is 0 Å². The number of amides is 1. The van der Waals surface area contributed by atoms with Gasteiger partial charge in [-0.3, -0.25) is 4.79 Å². The van der Waals surface area contributed by atoms with Crippen LogP contribution < -0.4 is 5.73 Å². The van der Waals surface area contributed by atoms with Gasteiger partial charge in [-0.2, -0.15) is 0 Å². The van der Waals surface area contributed by atoms with Crippen molar-refractivity contribution in [1.82, 2.24) is 9.97 Å². The van der Waals surface area contributed by atoms with Gasteiger partial charge in [0, 0.05) is 11.6 Å². The molecule has 9 heteroatoms. The zero-order valence-electron chi connectivity index (χ0n) is 13.1. The number of hydrogen-bond donors (Lipinski definition) is 1. The number of carbonyl (C=O) groups excluding carboxylic acids is 1. The highest BCUT2D eigenvalue weighted by atomic mass is 35.5. The van der Waals surface area contributed by atoms with Crippen LogP contribution in [0.25, 0.3) is 11.1 Å². The maximum Gasteiger partial charge on any atom is 0.254 e. The number of aromatic nitrogens is 2. The second-order valence-electron chi connectivity index (χ2n) is 5.23. The molecule has 1 amide bonds. The van der Waals surface area contributed by atoms with Crippen molar-refractivity contribution in [2.45, 2.75) is 10.1 Å². The molecule has 6 nitrogen and oxygen atoms in total. The number of hydrogen-bond acceptors (Lipinski definition) is 5. The van der Waals surface area contributed by atoms with Gasteiger partial charge in [0.2, 0.25) is 15.7 Å². The van der Waals surface area contributed by atoms with Crippen molar-refractivity contribution >= 4 is 38.9 Å². The molecule has 0 aliphatic heterocycles. The number of benzene rings is 2. The predicted octanol–water partition coefficient (Wildman–Crippen LogP) is 3.38. The average molecular weight is 408 g/mol. The fourth-order valence-electron chi connectivity index (χ4n) is 2.36. The first-order valence-corrected chi connectivity index (χ1v) is 9.47. The smallest absolute Gasteiger partial charge is 0.254 e. The van der Waals surface area contributed by atoms with Gasteiger partial charge >= 0.3 is 0 Å². The number of halogens is 2. The van der Waals surface area contributed by atoms with Crippen LogP contribution in [0.2, 0.25) is 10.3 Å². The first-order chi connectivity index (χ1) is 12.3. The monoisotopic (exact) mass is 407 g/mol. The van der Waals surface area contributed by atoms with E-state index in [0.29, 0.717) is 16.7 Å². The summed E-state index contributed by atoms with van der Waals surface area (Å²) < 4.78 is 25.3. The van der Waals surface area contributed by atoms with Gasteiger partial charge in [-0.1, -0.05) is 53.5 Å². The average Bonchev–Trinajstić information content (AvgIpc) is 2.61. The van der Waals surface area contributed by atoms with Crippen LogP contribution in [0.15, 0.2) is 64.6 Å². The summed E-state index contributed by atoms with van der Waals surface area (Å²) in [4.78, 5) is 19.0. The van der Waals surface area contributed by atoms with Crippen molar-refractivity contribution in [3.05, 3.63) is 70.5 Å². The minimum Gasteiger partial charge on any atom is -0.366 e. The quantitative estimate of drug-likeness (QED) is 0.527. The second kappa shape index (κ2) is 7.03. The van der Waals surface area contributed by atoms with Crippen LogP contribution in [0.5, 0.6) is 0 Å². The van der Waals surface area contributed by atoms with Crippen LogP contribution in [-0.4, -0.2) is 24.3 Å². The molecular formula is C17H11Cl2N3O3S. The molecule has 3 rings (SSSR count). The lowest BCUT2D eigenvalue weighted by molar-refractivity contribution is 0.100. The number of nitrogens with two attached hydrogens (primary N) is 1. The molecule has 1 heterocycles. The molecule has 0 atom stereocenters. The Hall–Kier alpha value is -2.48. The van der Waals surface area contributed by atoms with Gasteiger partial charge in [0.25, 0.3) is 5.16 Å². The molecule has 3 aromatic rings. The van der Waals surface area contributed by atoms with Gasteiger partial charge < -0.3 is 5.73 Å². The van der Waals surface area contributed by atoms with Crippen molar-refractivity contribution in [3.63, 3.8) is 0 Å². The Labute approximate surface area is 159 Å². The molecule has 0 aliphatic rings. The van der Waals surface area contributed by atoms with E-state index in [1.54, 1.807) is 36.4 Å². The molecule has 1 aromatic heterocycles. The van der Waals surface area contributed by atoms with E-state index in [1.807, 2.05) is 0 Å². The highest BCUT2D eigenvalue weighted by Crippen LogP contribution is 2.27. The maximum atomic E-state index is 12.6. The van der Waals surface area contributed by atoms with Crippen molar-refractivity contribution < 1.29 is 13.2 Å². The SMILES string of the molecule is NC(=O)c1ccccc1-c1ccc(S(=O)(=O)c2nc(Cl)cc(Cl)n2)cc1. The fraction of sp³-hybridized carbons (Fsp3) is 0. The van der Waals surface area contributed by atoms with Gasteiger partial charge in [0.1, 0.15) is 10.3 Å². The summed E-state index contributed by atoms with van der Waals surface area (Å²) >= 11 is 11.5. The van der Waals surface area contributed by atoms with E-state index in [-0.39, 0.29) is 15.2 Å². The van der Waals surface area contributed by atoms with Crippen molar-refractivity contribution in [1.29, 1.82) is 0 Å². The van der Waals surface area contributed by atoms with Gasteiger partial charge in [0.05, 0.1) is 4.90 Å².